The summed E-state index contributed by atoms with van der Waals surface area (Å²) in [6.07, 6.45) is 0.0644. The minimum absolute atomic E-state index is 0.219. The number of benzene rings is 1. The zero-order valence-corrected chi connectivity index (χ0v) is 7.95. The third-order valence-electron chi connectivity index (χ3n) is 1.65. The highest BCUT2D eigenvalue weighted by molar-refractivity contribution is 7.90. The van der Waals surface area contributed by atoms with Crippen molar-refractivity contribution in [1.82, 2.24) is 0 Å². The molecule has 0 aliphatic rings. The van der Waals surface area contributed by atoms with Crippen molar-refractivity contribution >= 4 is 9.84 Å². The van der Waals surface area contributed by atoms with Crippen molar-refractivity contribution in [1.29, 1.82) is 0 Å². The molecular weight excluding hydrogens is 190 g/mol. The Labute approximate surface area is 76.9 Å². The Morgan fingerprint density at radius 2 is 1.77 bits per heavy atom. The highest BCUT2D eigenvalue weighted by Gasteiger charge is 2.07. The Balaban J connectivity index is 3.08. The fraction of sp³-hybridized carbons (Fsp3) is 0.250. The average molecular weight is 201 g/mol. The minimum Gasteiger partial charge on any atom is -0.375 e. The molecule has 1 aromatic carbocycles. The Morgan fingerprint density at radius 3 is 2.08 bits per heavy atom. The fourth-order valence-electron chi connectivity index (χ4n) is 0.912. The Morgan fingerprint density at radius 1 is 1.31 bits per heavy atom. The monoisotopic (exact) mass is 201 g/mol. The number of aliphatic hydroxyl groups excluding tert-OH is 1. The van der Waals surface area contributed by atoms with E-state index in [0.717, 1.165) is 6.26 Å². The second kappa shape index (κ2) is 3.45. The van der Waals surface area contributed by atoms with Crippen molar-refractivity contribution in [3.63, 3.8) is 0 Å². The molecule has 0 aliphatic heterocycles. The summed E-state index contributed by atoms with van der Waals surface area (Å²) in [5.41, 5.74) is 5.67. The summed E-state index contributed by atoms with van der Waals surface area (Å²) in [7, 11) is -3.17. The number of hydrogen-bond acceptors (Lipinski definition) is 4. The summed E-state index contributed by atoms with van der Waals surface area (Å²) in [5.74, 6) is 0. The van der Waals surface area contributed by atoms with Gasteiger partial charge in [0, 0.05) is 6.26 Å². The predicted molar refractivity (Wildman–Crippen MR) is 48.7 cm³/mol. The molecule has 0 aromatic heterocycles. The summed E-state index contributed by atoms with van der Waals surface area (Å²) in [5, 5.41) is 8.95. The summed E-state index contributed by atoms with van der Waals surface area (Å²) in [6.45, 7) is 0. The van der Waals surface area contributed by atoms with Crippen LogP contribution in [-0.2, 0) is 9.84 Å². The lowest BCUT2D eigenvalue weighted by Gasteiger charge is -2.04. The molecule has 0 heterocycles. The van der Waals surface area contributed by atoms with Gasteiger partial charge in [0.05, 0.1) is 4.90 Å². The zero-order valence-electron chi connectivity index (χ0n) is 7.14. The SMILES string of the molecule is CS(=O)(=O)c1ccc([C@@H](N)O)cc1. The van der Waals surface area contributed by atoms with Crippen LogP contribution in [-0.4, -0.2) is 19.8 Å². The van der Waals surface area contributed by atoms with Gasteiger partial charge in [0.2, 0.25) is 0 Å². The maximum Gasteiger partial charge on any atom is 0.175 e. The predicted octanol–water partition coefficient (Wildman–Crippen LogP) is 0.0397. The van der Waals surface area contributed by atoms with E-state index in [1.165, 1.54) is 24.3 Å². The molecule has 0 spiro atoms. The molecule has 13 heavy (non-hydrogen) atoms. The molecule has 1 rings (SSSR count). The molecular formula is C8H11NO3S. The smallest absolute Gasteiger partial charge is 0.175 e. The largest absolute Gasteiger partial charge is 0.375 e. The maximum atomic E-state index is 11.0. The molecule has 0 aliphatic carbocycles. The number of hydrogen-bond donors (Lipinski definition) is 2. The molecule has 3 N–H and O–H groups in total. The Bertz CT molecular complexity index is 380. The fourth-order valence-corrected chi connectivity index (χ4v) is 1.54. The van der Waals surface area contributed by atoms with Gasteiger partial charge in [0.25, 0.3) is 0 Å². The third-order valence-corrected chi connectivity index (χ3v) is 2.78. The molecule has 72 valence electrons. The lowest BCUT2D eigenvalue weighted by atomic mass is 10.2. The third kappa shape index (κ3) is 2.51. The van der Waals surface area contributed by atoms with Gasteiger partial charge in [-0.3, -0.25) is 0 Å². The second-order valence-corrected chi connectivity index (χ2v) is 4.80. The lowest BCUT2D eigenvalue weighted by Crippen LogP contribution is -2.08. The van der Waals surface area contributed by atoms with Crippen LogP contribution in [0, 0.1) is 0 Å². The van der Waals surface area contributed by atoms with Crippen molar-refractivity contribution < 1.29 is 13.5 Å². The number of rotatable bonds is 2. The van der Waals surface area contributed by atoms with Crippen molar-refractivity contribution in [3.05, 3.63) is 29.8 Å². The molecule has 0 saturated carbocycles. The molecule has 0 fully saturated rings. The standard InChI is InChI=1S/C8H11NO3S/c1-13(11,12)7-4-2-6(3-5-7)8(9)10/h2-5,8,10H,9H2,1H3/t8-/m0/s1. The van der Waals surface area contributed by atoms with Crippen molar-refractivity contribution in [2.75, 3.05) is 6.26 Å². The molecule has 0 radical (unpaired) electrons. The minimum atomic E-state index is -3.17. The van der Waals surface area contributed by atoms with Crippen molar-refractivity contribution in [2.24, 2.45) is 5.73 Å². The first-order valence-corrected chi connectivity index (χ1v) is 5.54. The normalized spacial score (nSPS) is 14.1. The highest BCUT2D eigenvalue weighted by Crippen LogP contribution is 2.12. The van der Waals surface area contributed by atoms with Gasteiger partial charge >= 0.3 is 0 Å². The van der Waals surface area contributed by atoms with Crippen molar-refractivity contribution in [2.45, 2.75) is 11.1 Å². The maximum absolute atomic E-state index is 11.0. The summed E-state index contributed by atoms with van der Waals surface area (Å²) < 4.78 is 22.0. The Hall–Kier alpha value is -0.910. The summed E-state index contributed by atoms with van der Waals surface area (Å²) >= 11 is 0. The van der Waals surface area contributed by atoms with Crippen molar-refractivity contribution in [3.8, 4) is 0 Å². The topological polar surface area (TPSA) is 80.4 Å². The van der Waals surface area contributed by atoms with E-state index in [-0.39, 0.29) is 4.90 Å². The van der Waals surface area contributed by atoms with E-state index in [1.54, 1.807) is 0 Å². The van der Waals surface area contributed by atoms with Gasteiger partial charge < -0.3 is 10.8 Å². The highest BCUT2D eigenvalue weighted by atomic mass is 32.2. The van der Waals surface area contributed by atoms with Crippen LogP contribution < -0.4 is 5.73 Å². The van der Waals surface area contributed by atoms with E-state index in [2.05, 4.69) is 0 Å². The Kier molecular flexibility index (Phi) is 2.70. The molecule has 0 bridgehead atoms. The van der Waals surface area contributed by atoms with E-state index < -0.39 is 16.1 Å². The number of nitrogens with two attached hydrogens (primary N) is 1. The molecule has 5 heteroatoms. The van der Waals surface area contributed by atoms with Gasteiger partial charge in [-0.2, -0.15) is 0 Å². The van der Waals surface area contributed by atoms with Crippen LogP contribution in [0.5, 0.6) is 0 Å². The van der Waals surface area contributed by atoms with Crippen LogP contribution >= 0.6 is 0 Å². The van der Waals surface area contributed by atoms with Crippen LogP contribution in [0.2, 0.25) is 0 Å². The molecule has 0 saturated heterocycles. The van der Waals surface area contributed by atoms with Gasteiger partial charge in [-0.25, -0.2) is 8.42 Å². The van der Waals surface area contributed by atoms with Crippen LogP contribution in [0.3, 0.4) is 0 Å². The number of sulfone groups is 1. The van der Waals surface area contributed by atoms with Gasteiger partial charge in [-0.15, -0.1) is 0 Å². The summed E-state index contributed by atoms with van der Waals surface area (Å²) in [4.78, 5) is 0.219. The molecule has 0 unspecified atom stereocenters. The van der Waals surface area contributed by atoms with Gasteiger partial charge in [0.1, 0.15) is 6.23 Å². The van der Waals surface area contributed by atoms with Crippen LogP contribution in [0.25, 0.3) is 0 Å². The van der Waals surface area contributed by atoms with Crippen LogP contribution in [0.1, 0.15) is 11.8 Å². The second-order valence-electron chi connectivity index (χ2n) is 2.79. The summed E-state index contributed by atoms with van der Waals surface area (Å²) in [6, 6.07) is 5.81. The molecule has 4 nitrogen and oxygen atoms in total. The van der Waals surface area contributed by atoms with E-state index >= 15 is 0 Å². The first-order valence-electron chi connectivity index (χ1n) is 3.65. The van der Waals surface area contributed by atoms with Crippen LogP contribution in [0.15, 0.2) is 29.2 Å². The van der Waals surface area contributed by atoms with Crippen LogP contribution in [0.4, 0.5) is 0 Å². The lowest BCUT2D eigenvalue weighted by molar-refractivity contribution is 0.186. The average Bonchev–Trinajstić information content (AvgIpc) is 2.03. The quantitative estimate of drug-likeness (QED) is 0.662. The number of aliphatic hydroxyl groups is 1. The molecule has 1 aromatic rings. The molecule has 1 atom stereocenters. The molecule has 0 amide bonds. The van der Waals surface area contributed by atoms with E-state index in [4.69, 9.17) is 10.8 Å². The zero-order chi connectivity index (χ0) is 10.1. The van der Waals surface area contributed by atoms with E-state index in [9.17, 15) is 8.42 Å². The van der Waals surface area contributed by atoms with Gasteiger partial charge in [-0.1, -0.05) is 12.1 Å². The van der Waals surface area contributed by atoms with Gasteiger partial charge in [-0.05, 0) is 17.7 Å². The van der Waals surface area contributed by atoms with Gasteiger partial charge in [0.15, 0.2) is 9.84 Å². The van der Waals surface area contributed by atoms with E-state index in [0.29, 0.717) is 5.56 Å². The van der Waals surface area contributed by atoms with E-state index in [1.807, 2.05) is 0 Å². The first kappa shape index (κ1) is 10.2. The first-order chi connectivity index (χ1) is 5.91.